The molecule has 0 bridgehead atoms. The Hall–Kier alpha value is -2.02. The Morgan fingerprint density at radius 3 is 2.47 bits per heavy atom. The lowest BCUT2D eigenvalue weighted by Gasteiger charge is -2.11. The summed E-state index contributed by atoms with van der Waals surface area (Å²) in [6, 6.07) is 1.52. The van der Waals surface area contributed by atoms with Crippen LogP contribution in [-0.4, -0.2) is 25.7 Å². The first-order chi connectivity index (χ1) is 8.02. The van der Waals surface area contributed by atoms with Gasteiger partial charge >= 0.3 is 0 Å². The van der Waals surface area contributed by atoms with Crippen molar-refractivity contribution in [1.29, 1.82) is 0 Å². The maximum absolute atomic E-state index is 10.9. The minimum absolute atomic E-state index is 0.0690. The van der Waals surface area contributed by atoms with Gasteiger partial charge in [0.15, 0.2) is 0 Å². The molecule has 0 atom stereocenters. The number of nitrogens with two attached hydrogens (primary N) is 2. The molecular weight excluding hydrogens is 226 g/mol. The van der Waals surface area contributed by atoms with Crippen LogP contribution in [0.2, 0.25) is 0 Å². The molecule has 0 radical (unpaired) electrons. The van der Waals surface area contributed by atoms with Crippen molar-refractivity contribution in [1.82, 2.24) is 0 Å². The predicted octanol–water partition coefficient (Wildman–Crippen LogP) is 0.957. The number of methoxy groups -OCH3 is 2. The average molecular weight is 241 g/mol. The lowest BCUT2D eigenvalue weighted by atomic mass is 10.1. The molecule has 7 heteroatoms. The van der Waals surface area contributed by atoms with Gasteiger partial charge in [-0.25, -0.2) is 0 Å². The third-order valence-electron chi connectivity index (χ3n) is 2.40. The van der Waals surface area contributed by atoms with E-state index in [-0.39, 0.29) is 17.1 Å². The molecular formula is C10H15N3O4. The molecule has 0 aliphatic heterocycles. The summed E-state index contributed by atoms with van der Waals surface area (Å²) in [5, 5.41) is 10.9. The summed E-state index contributed by atoms with van der Waals surface area (Å²) in [7, 11) is 2.95. The lowest BCUT2D eigenvalue weighted by Crippen LogP contribution is -2.07. The van der Waals surface area contributed by atoms with E-state index in [1.54, 1.807) is 0 Å². The number of hydrogen-bond donors (Lipinski definition) is 2. The molecule has 7 nitrogen and oxygen atoms in total. The summed E-state index contributed by atoms with van der Waals surface area (Å²) < 4.78 is 9.90. The van der Waals surface area contributed by atoms with Crippen LogP contribution in [0.3, 0.4) is 0 Å². The van der Waals surface area contributed by atoms with Crippen LogP contribution in [0.5, 0.6) is 5.75 Å². The maximum atomic E-state index is 10.9. The Kier molecular flexibility index (Phi) is 4.11. The van der Waals surface area contributed by atoms with Crippen molar-refractivity contribution >= 4 is 17.1 Å². The molecule has 0 saturated carbocycles. The fourth-order valence-corrected chi connectivity index (χ4v) is 1.52. The summed E-state index contributed by atoms with van der Waals surface area (Å²) in [4.78, 5) is 10.4. The molecule has 0 heterocycles. The van der Waals surface area contributed by atoms with Crippen LogP contribution < -0.4 is 16.2 Å². The number of anilines is 2. The third kappa shape index (κ3) is 2.56. The van der Waals surface area contributed by atoms with Crippen molar-refractivity contribution < 1.29 is 14.4 Å². The Bertz CT molecular complexity index is 434. The first kappa shape index (κ1) is 13.0. The zero-order valence-electron chi connectivity index (χ0n) is 9.73. The molecule has 0 fully saturated rings. The van der Waals surface area contributed by atoms with Gasteiger partial charge in [0.2, 0.25) is 0 Å². The molecule has 0 saturated heterocycles. The van der Waals surface area contributed by atoms with Crippen LogP contribution in [0, 0.1) is 10.1 Å². The van der Waals surface area contributed by atoms with E-state index in [0.717, 1.165) is 0 Å². The van der Waals surface area contributed by atoms with Crippen LogP contribution in [0.15, 0.2) is 6.07 Å². The molecule has 0 spiro atoms. The number of nitrogen functional groups attached to an aromatic ring is 2. The molecule has 0 unspecified atom stereocenters. The van der Waals surface area contributed by atoms with Gasteiger partial charge in [-0.05, 0) is 6.07 Å². The number of nitro benzene ring substituents is 1. The number of nitro groups is 1. The molecule has 0 aliphatic carbocycles. The summed E-state index contributed by atoms with van der Waals surface area (Å²) in [6.07, 6.45) is 0.369. The van der Waals surface area contributed by atoms with Gasteiger partial charge in [-0.1, -0.05) is 0 Å². The van der Waals surface area contributed by atoms with E-state index < -0.39 is 4.92 Å². The second-order valence-electron chi connectivity index (χ2n) is 3.41. The smallest absolute Gasteiger partial charge is 0.297 e. The third-order valence-corrected chi connectivity index (χ3v) is 2.40. The monoisotopic (exact) mass is 241 g/mol. The van der Waals surface area contributed by atoms with Gasteiger partial charge in [-0.2, -0.15) is 0 Å². The Balaban J connectivity index is 3.33. The van der Waals surface area contributed by atoms with E-state index in [0.29, 0.717) is 24.3 Å². The zero-order chi connectivity index (χ0) is 13.0. The maximum Gasteiger partial charge on any atom is 0.297 e. The van der Waals surface area contributed by atoms with E-state index in [4.69, 9.17) is 20.9 Å². The fourth-order valence-electron chi connectivity index (χ4n) is 1.52. The van der Waals surface area contributed by atoms with Gasteiger partial charge < -0.3 is 20.9 Å². The second kappa shape index (κ2) is 5.35. The Labute approximate surface area is 98.5 Å². The van der Waals surface area contributed by atoms with Crippen LogP contribution in [-0.2, 0) is 11.2 Å². The molecule has 1 aromatic carbocycles. The highest BCUT2D eigenvalue weighted by Gasteiger charge is 2.23. The van der Waals surface area contributed by atoms with E-state index in [1.807, 2.05) is 0 Å². The van der Waals surface area contributed by atoms with Gasteiger partial charge in [-0.15, -0.1) is 0 Å². The lowest BCUT2D eigenvalue weighted by molar-refractivity contribution is -0.384. The Morgan fingerprint density at radius 1 is 1.35 bits per heavy atom. The molecule has 0 aliphatic rings. The van der Waals surface area contributed by atoms with Gasteiger partial charge in [0, 0.05) is 19.1 Å². The van der Waals surface area contributed by atoms with Crippen molar-refractivity contribution in [3.05, 3.63) is 21.7 Å². The van der Waals surface area contributed by atoms with Crippen LogP contribution in [0.25, 0.3) is 0 Å². The van der Waals surface area contributed by atoms with E-state index in [2.05, 4.69) is 0 Å². The van der Waals surface area contributed by atoms with E-state index >= 15 is 0 Å². The highest BCUT2D eigenvalue weighted by Crippen LogP contribution is 2.38. The number of rotatable bonds is 5. The van der Waals surface area contributed by atoms with Crippen molar-refractivity contribution in [2.24, 2.45) is 0 Å². The topological polar surface area (TPSA) is 114 Å². The first-order valence-corrected chi connectivity index (χ1v) is 4.91. The number of nitrogens with zero attached hydrogens (tertiary/aromatic N) is 1. The van der Waals surface area contributed by atoms with Gasteiger partial charge in [0.05, 0.1) is 18.6 Å². The number of ether oxygens (including phenoxy) is 2. The average Bonchev–Trinajstić information content (AvgIpc) is 2.29. The largest absolute Gasteiger partial charge is 0.494 e. The standard InChI is InChI=1S/C10H15N3O4/c1-16-4-3-6-5-7(17-2)8(11)9(12)10(6)13(14)15/h5H,3-4,11-12H2,1-2H3. The van der Waals surface area contributed by atoms with Crippen molar-refractivity contribution in [3.63, 3.8) is 0 Å². The minimum Gasteiger partial charge on any atom is -0.494 e. The molecule has 17 heavy (non-hydrogen) atoms. The predicted molar refractivity (Wildman–Crippen MR) is 64.1 cm³/mol. The van der Waals surface area contributed by atoms with Crippen molar-refractivity contribution in [2.75, 3.05) is 32.3 Å². The highest BCUT2D eigenvalue weighted by atomic mass is 16.6. The van der Waals surface area contributed by atoms with E-state index in [9.17, 15) is 10.1 Å². The normalized spacial score (nSPS) is 10.2. The molecule has 0 aromatic heterocycles. The summed E-state index contributed by atoms with van der Waals surface area (Å²) in [5.74, 6) is 0.333. The molecule has 1 rings (SSSR count). The summed E-state index contributed by atoms with van der Waals surface area (Å²) >= 11 is 0. The zero-order valence-corrected chi connectivity index (χ0v) is 9.73. The number of benzene rings is 1. The molecule has 1 aromatic rings. The van der Waals surface area contributed by atoms with Gasteiger partial charge in [0.1, 0.15) is 17.1 Å². The Morgan fingerprint density at radius 2 is 2.00 bits per heavy atom. The van der Waals surface area contributed by atoms with Crippen molar-refractivity contribution in [2.45, 2.75) is 6.42 Å². The highest BCUT2D eigenvalue weighted by molar-refractivity contribution is 5.81. The number of hydrogen-bond acceptors (Lipinski definition) is 6. The van der Waals surface area contributed by atoms with Gasteiger partial charge in [0.25, 0.3) is 5.69 Å². The fraction of sp³-hybridized carbons (Fsp3) is 0.400. The minimum atomic E-state index is -0.546. The molecule has 4 N–H and O–H groups in total. The quantitative estimate of drug-likeness (QED) is 0.451. The summed E-state index contributed by atoms with van der Waals surface area (Å²) in [5.41, 5.74) is 11.6. The van der Waals surface area contributed by atoms with Crippen molar-refractivity contribution in [3.8, 4) is 5.75 Å². The second-order valence-corrected chi connectivity index (χ2v) is 3.41. The van der Waals surface area contributed by atoms with Crippen LogP contribution in [0.4, 0.5) is 17.1 Å². The van der Waals surface area contributed by atoms with Crippen LogP contribution in [0.1, 0.15) is 5.56 Å². The van der Waals surface area contributed by atoms with Crippen LogP contribution >= 0.6 is 0 Å². The molecule has 94 valence electrons. The molecule has 0 amide bonds. The first-order valence-electron chi connectivity index (χ1n) is 4.91. The summed E-state index contributed by atoms with van der Waals surface area (Å²) in [6.45, 7) is 0.355. The SMILES string of the molecule is COCCc1cc(OC)c(N)c(N)c1[N+](=O)[O-]. The van der Waals surface area contributed by atoms with E-state index in [1.165, 1.54) is 20.3 Å². The van der Waals surface area contributed by atoms with Gasteiger partial charge in [-0.3, -0.25) is 10.1 Å².